The van der Waals surface area contributed by atoms with Gasteiger partial charge in [-0.2, -0.15) is 0 Å². The highest BCUT2D eigenvalue weighted by Gasteiger charge is 2.14. The molecule has 0 atom stereocenters. The van der Waals surface area contributed by atoms with Gasteiger partial charge in [-0.3, -0.25) is 4.79 Å². The molecule has 1 aliphatic rings. The van der Waals surface area contributed by atoms with Crippen LogP contribution in [0.5, 0.6) is 5.75 Å². The van der Waals surface area contributed by atoms with Gasteiger partial charge < -0.3 is 14.8 Å². The highest BCUT2D eigenvalue weighted by Crippen LogP contribution is 2.23. The van der Waals surface area contributed by atoms with Crippen molar-refractivity contribution in [1.82, 2.24) is 5.32 Å². The summed E-state index contributed by atoms with van der Waals surface area (Å²) in [7, 11) is 0. The van der Waals surface area contributed by atoms with E-state index in [0.717, 1.165) is 37.0 Å². The molecule has 1 fully saturated rings. The monoisotopic (exact) mass is 319 g/mol. The predicted octanol–water partition coefficient (Wildman–Crippen LogP) is 3.83. The summed E-state index contributed by atoms with van der Waals surface area (Å²) >= 11 is 0. The van der Waals surface area contributed by atoms with E-state index in [1.807, 2.05) is 24.3 Å². The predicted molar refractivity (Wildman–Crippen MR) is 91.5 cm³/mol. The van der Waals surface area contributed by atoms with Crippen molar-refractivity contribution >= 4 is 5.91 Å². The van der Waals surface area contributed by atoms with Crippen LogP contribution >= 0.6 is 0 Å². The second-order valence-corrected chi connectivity index (χ2v) is 6.21. The van der Waals surface area contributed by atoms with Gasteiger partial charge in [0.2, 0.25) is 5.91 Å². The second kappa shape index (κ2) is 10.3. The minimum atomic E-state index is -0.0697. The van der Waals surface area contributed by atoms with Crippen molar-refractivity contribution in [3.8, 4) is 5.75 Å². The Morgan fingerprint density at radius 1 is 1.26 bits per heavy atom. The lowest BCUT2D eigenvalue weighted by atomic mass is 9.98. The van der Waals surface area contributed by atoms with Gasteiger partial charge in [0.25, 0.3) is 0 Å². The Morgan fingerprint density at radius 2 is 2.09 bits per heavy atom. The number of rotatable bonds is 9. The van der Waals surface area contributed by atoms with Crippen LogP contribution in [-0.2, 0) is 16.1 Å². The molecule has 4 heteroatoms. The standard InChI is InChI=1S/C19H29NO3/c1-2-3-12-22-15-19(21)20-14-16-8-7-11-18(13-16)23-17-9-5-4-6-10-17/h7-8,11,13,17H,2-6,9-10,12,14-15H2,1H3,(H,20,21). The Bertz CT molecular complexity index is 469. The maximum absolute atomic E-state index is 11.7. The molecule has 0 aliphatic heterocycles. The summed E-state index contributed by atoms with van der Waals surface area (Å²) in [6.07, 6.45) is 8.57. The molecule has 0 bridgehead atoms. The van der Waals surface area contributed by atoms with E-state index in [4.69, 9.17) is 9.47 Å². The molecular formula is C19H29NO3. The fourth-order valence-electron chi connectivity index (χ4n) is 2.77. The van der Waals surface area contributed by atoms with Gasteiger partial charge in [-0.1, -0.05) is 31.9 Å². The van der Waals surface area contributed by atoms with E-state index >= 15 is 0 Å². The van der Waals surface area contributed by atoms with Crippen LogP contribution in [0.1, 0.15) is 57.4 Å². The number of benzene rings is 1. The molecule has 2 rings (SSSR count). The van der Waals surface area contributed by atoms with Crippen LogP contribution in [0, 0.1) is 0 Å². The molecule has 128 valence electrons. The Kier molecular flexibility index (Phi) is 7.95. The van der Waals surface area contributed by atoms with Gasteiger partial charge in [-0.05, 0) is 49.8 Å². The summed E-state index contributed by atoms with van der Waals surface area (Å²) in [6, 6.07) is 8.00. The first kappa shape index (κ1) is 17.8. The number of unbranched alkanes of at least 4 members (excludes halogenated alkanes) is 1. The Morgan fingerprint density at radius 3 is 2.87 bits per heavy atom. The lowest BCUT2D eigenvalue weighted by Crippen LogP contribution is -2.27. The zero-order valence-corrected chi connectivity index (χ0v) is 14.2. The van der Waals surface area contributed by atoms with Gasteiger partial charge in [0.1, 0.15) is 12.4 Å². The molecule has 1 aromatic rings. The third kappa shape index (κ3) is 7.04. The fraction of sp³-hybridized carbons (Fsp3) is 0.632. The zero-order valence-electron chi connectivity index (χ0n) is 14.2. The van der Waals surface area contributed by atoms with Crippen molar-refractivity contribution in [2.45, 2.75) is 64.5 Å². The van der Waals surface area contributed by atoms with Gasteiger partial charge in [-0.15, -0.1) is 0 Å². The number of carbonyl (C=O) groups is 1. The van der Waals surface area contributed by atoms with E-state index in [1.54, 1.807) is 0 Å². The van der Waals surface area contributed by atoms with Crippen molar-refractivity contribution in [2.24, 2.45) is 0 Å². The van der Waals surface area contributed by atoms with Crippen LogP contribution in [0.2, 0.25) is 0 Å². The summed E-state index contributed by atoms with van der Waals surface area (Å²) in [4.78, 5) is 11.7. The minimum absolute atomic E-state index is 0.0697. The molecule has 1 amide bonds. The van der Waals surface area contributed by atoms with Crippen LogP contribution in [0.15, 0.2) is 24.3 Å². The van der Waals surface area contributed by atoms with Crippen molar-refractivity contribution < 1.29 is 14.3 Å². The number of hydrogen-bond acceptors (Lipinski definition) is 3. The average Bonchev–Trinajstić information content (AvgIpc) is 2.58. The zero-order chi connectivity index (χ0) is 16.3. The van der Waals surface area contributed by atoms with Crippen LogP contribution < -0.4 is 10.1 Å². The third-order valence-electron chi connectivity index (χ3n) is 4.12. The van der Waals surface area contributed by atoms with E-state index < -0.39 is 0 Å². The Balaban J connectivity index is 1.72. The first-order valence-corrected chi connectivity index (χ1v) is 8.88. The number of ether oxygens (including phenoxy) is 2. The summed E-state index contributed by atoms with van der Waals surface area (Å²) in [5.74, 6) is 0.836. The fourth-order valence-corrected chi connectivity index (χ4v) is 2.77. The molecule has 1 aliphatic carbocycles. The molecule has 0 saturated heterocycles. The normalized spacial score (nSPS) is 15.3. The lowest BCUT2D eigenvalue weighted by Gasteiger charge is -2.23. The lowest BCUT2D eigenvalue weighted by molar-refractivity contribution is -0.125. The van der Waals surface area contributed by atoms with E-state index in [2.05, 4.69) is 12.2 Å². The van der Waals surface area contributed by atoms with Crippen LogP contribution in [0.4, 0.5) is 0 Å². The summed E-state index contributed by atoms with van der Waals surface area (Å²) in [5, 5.41) is 2.89. The molecule has 0 spiro atoms. The van der Waals surface area contributed by atoms with Crippen LogP contribution in [-0.4, -0.2) is 25.2 Å². The molecule has 1 saturated carbocycles. The molecule has 0 heterocycles. The molecule has 1 aromatic carbocycles. The van der Waals surface area contributed by atoms with Crippen molar-refractivity contribution in [3.05, 3.63) is 29.8 Å². The molecular weight excluding hydrogens is 290 g/mol. The number of nitrogens with one attached hydrogen (secondary N) is 1. The van der Waals surface area contributed by atoms with E-state index in [0.29, 0.717) is 19.3 Å². The SMILES string of the molecule is CCCCOCC(=O)NCc1cccc(OC2CCCCC2)c1. The Labute approximate surface area is 139 Å². The maximum Gasteiger partial charge on any atom is 0.246 e. The minimum Gasteiger partial charge on any atom is -0.490 e. The number of carbonyl (C=O) groups excluding carboxylic acids is 1. The smallest absolute Gasteiger partial charge is 0.246 e. The summed E-state index contributed by atoms with van der Waals surface area (Å²) < 4.78 is 11.4. The average molecular weight is 319 g/mol. The van der Waals surface area contributed by atoms with Crippen molar-refractivity contribution in [2.75, 3.05) is 13.2 Å². The molecule has 0 unspecified atom stereocenters. The highest BCUT2D eigenvalue weighted by atomic mass is 16.5. The van der Waals surface area contributed by atoms with Gasteiger partial charge in [0.15, 0.2) is 0 Å². The first-order chi connectivity index (χ1) is 11.3. The third-order valence-corrected chi connectivity index (χ3v) is 4.12. The highest BCUT2D eigenvalue weighted by molar-refractivity contribution is 5.77. The summed E-state index contributed by atoms with van der Waals surface area (Å²) in [5.41, 5.74) is 1.06. The van der Waals surface area contributed by atoms with E-state index in [-0.39, 0.29) is 12.5 Å². The maximum atomic E-state index is 11.7. The molecule has 23 heavy (non-hydrogen) atoms. The van der Waals surface area contributed by atoms with Crippen molar-refractivity contribution in [1.29, 1.82) is 0 Å². The Hall–Kier alpha value is -1.55. The second-order valence-electron chi connectivity index (χ2n) is 6.21. The van der Waals surface area contributed by atoms with E-state index in [1.165, 1.54) is 19.3 Å². The number of hydrogen-bond donors (Lipinski definition) is 1. The topological polar surface area (TPSA) is 47.6 Å². The van der Waals surface area contributed by atoms with Gasteiger partial charge in [0, 0.05) is 13.2 Å². The largest absolute Gasteiger partial charge is 0.490 e. The molecule has 1 N–H and O–H groups in total. The van der Waals surface area contributed by atoms with Gasteiger partial charge in [0.05, 0.1) is 6.10 Å². The molecule has 0 aromatic heterocycles. The molecule has 4 nitrogen and oxygen atoms in total. The quantitative estimate of drug-likeness (QED) is 0.704. The van der Waals surface area contributed by atoms with Gasteiger partial charge >= 0.3 is 0 Å². The van der Waals surface area contributed by atoms with Crippen LogP contribution in [0.3, 0.4) is 0 Å². The van der Waals surface area contributed by atoms with E-state index in [9.17, 15) is 4.79 Å². The summed E-state index contributed by atoms with van der Waals surface area (Å²) in [6.45, 7) is 3.40. The number of amides is 1. The molecule has 0 radical (unpaired) electrons. The first-order valence-electron chi connectivity index (χ1n) is 8.88. The van der Waals surface area contributed by atoms with Crippen LogP contribution in [0.25, 0.3) is 0 Å². The van der Waals surface area contributed by atoms with Crippen molar-refractivity contribution in [3.63, 3.8) is 0 Å². The van der Waals surface area contributed by atoms with Gasteiger partial charge in [-0.25, -0.2) is 0 Å².